The van der Waals surface area contributed by atoms with Crippen LogP contribution in [-0.2, 0) is 4.74 Å². The van der Waals surface area contributed by atoms with Gasteiger partial charge in [-0.15, -0.1) is 0 Å². The minimum Gasteiger partial charge on any atom is -0.380 e. The number of hydrogen-bond donors (Lipinski definition) is 1. The maximum Gasteiger partial charge on any atom is 0.0593 e. The zero-order valence-corrected chi connectivity index (χ0v) is 9.59. The van der Waals surface area contributed by atoms with E-state index >= 15 is 0 Å². The van der Waals surface area contributed by atoms with Gasteiger partial charge in [-0.05, 0) is 32.9 Å². The predicted molar refractivity (Wildman–Crippen MR) is 59.6 cm³/mol. The minimum absolute atomic E-state index is 0.719. The second kappa shape index (κ2) is 7.21. The van der Waals surface area contributed by atoms with Gasteiger partial charge in [-0.2, -0.15) is 0 Å². The van der Waals surface area contributed by atoms with Crippen molar-refractivity contribution in [1.29, 1.82) is 0 Å². The van der Waals surface area contributed by atoms with Crippen LogP contribution in [0.5, 0.6) is 0 Å². The Kier molecular flexibility index (Phi) is 6.15. The smallest absolute Gasteiger partial charge is 0.0593 e. The van der Waals surface area contributed by atoms with E-state index in [0.717, 1.165) is 32.3 Å². The number of rotatable bonds is 7. The van der Waals surface area contributed by atoms with Gasteiger partial charge in [0.25, 0.3) is 0 Å². The van der Waals surface area contributed by atoms with Crippen molar-refractivity contribution in [2.24, 2.45) is 0 Å². The van der Waals surface area contributed by atoms with Crippen LogP contribution in [0, 0.1) is 0 Å². The SMILES string of the molecule is CCCNC1CCN(CCOCC)C1. The minimum atomic E-state index is 0.719. The summed E-state index contributed by atoms with van der Waals surface area (Å²) < 4.78 is 5.35. The topological polar surface area (TPSA) is 24.5 Å². The molecule has 1 atom stereocenters. The highest BCUT2D eigenvalue weighted by molar-refractivity contribution is 4.80. The van der Waals surface area contributed by atoms with Crippen molar-refractivity contribution in [3.05, 3.63) is 0 Å². The normalized spacial score (nSPS) is 23.1. The molecule has 0 aromatic carbocycles. The Balaban J connectivity index is 2.02. The standard InChI is InChI=1S/C11H24N2O/c1-3-6-12-11-5-7-13(10-11)8-9-14-4-2/h11-12H,3-10H2,1-2H3. The third kappa shape index (κ3) is 4.40. The largest absolute Gasteiger partial charge is 0.380 e. The van der Waals surface area contributed by atoms with Gasteiger partial charge in [0.05, 0.1) is 6.61 Å². The summed E-state index contributed by atoms with van der Waals surface area (Å²) in [5, 5.41) is 3.57. The van der Waals surface area contributed by atoms with Crippen LogP contribution in [0.1, 0.15) is 26.7 Å². The first-order valence-electron chi connectivity index (χ1n) is 5.90. The third-order valence-electron chi connectivity index (χ3n) is 2.71. The van der Waals surface area contributed by atoms with Gasteiger partial charge in [0.1, 0.15) is 0 Å². The highest BCUT2D eigenvalue weighted by atomic mass is 16.5. The summed E-state index contributed by atoms with van der Waals surface area (Å²) in [4.78, 5) is 2.49. The van der Waals surface area contributed by atoms with Crippen LogP contribution in [0.3, 0.4) is 0 Å². The molecule has 1 rings (SSSR count). The number of ether oxygens (including phenoxy) is 1. The molecule has 0 aromatic rings. The molecule has 1 N–H and O–H groups in total. The average molecular weight is 200 g/mol. The van der Waals surface area contributed by atoms with E-state index in [1.165, 1.54) is 25.9 Å². The molecule has 1 aliphatic heterocycles. The van der Waals surface area contributed by atoms with Gasteiger partial charge >= 0.3 is 0 Å². The Morgan fingerprint density at radius 3 is 3.00 bits per heavy atom. The fourth-order valence-electron chi connectivity index (χ4n) is 1.89. The van der Waals surface area contributed by atoms with Crippen molar-refractivity contribution < 1.29 is 4.74 Å². The molecular weight excluding hydrogens is 176 g/mol. The molecule has 1 fully saturated rings. The summed E-state index contributed by atoms with van der Waals surface area (Å²) >= 11 is 0. The Morgan fingerprint density at radius 1 is 1.43 bits per heavy atom. The first-order valence-corrected chi connectivity index (χ1v) is 5.90. The lowest BCUT2D eigenvalue weighted by Crippen LogP contribution is -2.34. The fraction of sp³-hybridized carbons (Fsp3) is 1.00. The first-order chi connectivity index (χ1) is 6.86. The van der Waals surface area contributed by atoms with Crippen LogP contribution in [0.4, 0.5) is 0 Å². The zero-order valence-electron chi connectivity index (χ0n) is 9.59. The van der Waals surface area contributed by atoms with E-state index in [4.69, 9.17) is 4.74 Å². The van der Waals surface area contributed by atoms with E-state index in [0.29, 0.717) is 0 Å². The predicted octanol–water partition coefficient (Wildman–Crippen LogP) is 1.10. The van der Waals surface area contributed by atoms with Crippen LogP contribution >= 0.6 is 0 Å². The molecule has 0 saturated carbocycles. The Labute approximate surface area is 87.8 Å². The molecule has 84 valence electrons. The molecule has 1 aliphatic rings. The molecule has 0 amide bonds. The molecular formula is C11H24N2O. The summed E-state index contributed by atoms with van der Waals surface area (Å²) in [6.07, 6.45) is 2.53. The second-order valence-corrected chi connectivity index (χ2v) is 3.94. The zero-order chi connectivity index (χ0) is 10.2. The first kappa shape index (κ1) is 12.0. The lowest BCUT2D eigenvalue weighted by atomic mass is 10.2. The van der Waals surface area contributed by atoms with E-state index in [2.05, 4.69) is 24.1 Å². The van der Waals surface area contributed by atoms with Crippen molar-refractivity contribution >= 4 is 0 Å². The Hall–Kier alpha value is -0.120. The van der Waals surface area contributed by atoms with Crippen molar-refractivity contribution in [3.63, 3.8) is 0 Å². The van der Waals surface area contributed by atoms with Gasteiger partial charge < -0.3 is 10.1 Å². The number of nitrogens with one attached hydrogen (secondary N) is 1. The molecule has 0 radical (unpaired) electrons. The molecule has 0 bridgehead atoms. The van der Waals surface area contributed by atoms with Crippen LogP contribution in [0.25, 0.3) is 0 Å². The molecule has 0 aromatic heterocycles. The molecule has 3 heteroatoms. The summed E-state index contributed by atoms with van der Waals surface area (Å²) in [5.74, 6) is 0. The number of hydrogen-bond acceptors (Lipinski definition) is 3. The lowest BCUT2D eigenvalue weighted by Gasteiger charge is -2.16. The maximum absolute atomic E-state index is 5.35. The van der Waals surface area contributed by atoms with Crippen LogP contribution in [0.2, 0.25) is 0 Å². The summed E-state index contributed by atoms with van der Waals surface area (Å²) in [6.45, 7) is 10.7. The van der Waals surface area contributed by atoms with Crippen molar-refractivity contribution in [1.82, 2.24) is 10.2 Å². The van der Waals surface area contributed by atoms with Crippen molar-refractivity contribution in [2.75, 3.05) is 39.4 Å². The lowest BCUT2D eigenvalue weighted by molar-refractivity contribution is 0.121. The number of nitrogens with zero attached hydrogens (tertiary/aromatic N) is 1. The van der Waals surface area contributed by atoms with Gasteiger partial charge in [0.2, 0.25) is 0 Å². The molecule has 1 saturated heterocycles. The summed E-state index contributed by atoms with van der Waals surface area (Å²) in [5.41, 5.74) is 0. The van der Waals surface area contributed by atoms with Crippen molar-refractivity contribution in [3.8, 4) is 0 Å². The van der Waals surface area contributed by atoms with E-state index in [-0.39, 0.29) is 0 Å². The quantitative estimate of drug-likeness (QED) is 0.623. The van der Waals surface area contributed by atoms with Gasteiger partial charge in [-0.3, -0.25) is 4.90 Å². The van der Waals surface area contributed by atoms with Gasteiger partial charge in [0.15, 0.2) is 0 Å². The number of likely N-dealkylation sites (tertiary alicyclic amines) is 1. The van der Waals surface area contributed by atoms with Gasteiger partial charge in [-0.25, -0.2) is 0 Å². The van der Waals surface area contributed by atoms with Crippen molar-refractivity contribution in [2.45, 2.75) is 32.7 Å². The van der Waals surface area contributed by atoms with E-state index in [1.54, 1.807) is 0 Å². The third-order valence-corrected chi connectivity index (χ3v) is 2.71. The van der Waals surface area contributed by atoms with E-state index < -0.39 is 0 Å². The molecule has 1 unspecified atom stereocenters. The molecule has 3 nitrogen and oxygen atoms in total. The van der Waals surface area contributed by atoms with E-state index in [9.17, 15) is 0 Å². The average Bonchev–Trinajstić information content (AvgIpc) is 2.63. The van der Waals surface area contributed by atoms with Gasteiger partial charge in [-0.1, -0.05) is 6.92 Å². The highest BCUT2D eigenvalue weighted by Crippen LogP contribution is 2.08. The Morgan fingerprint density at radius 2 is 2.29 bits per heavy atom. The fourth-order valence-corrected chi connectivity index (χ4v) is 1.89. The molecule has 0 aliphatic carbocycles. The van der Waals surface area contributed by atoms with Crippen LogP contribution in [0.15, 0.2) is 0 Å². The maximum atomic E-state index is 5.35. The van der Waals surface area contributed by atoms with E-state index in [1.807, 2.05) is 0 Å². The Bertz CT molecular complexity index is 141. The highest BCUT2D eigenvalue weighted by Gasteiger charge is 2.20. The summed E-state index contributed by atoms with van der Waals surface area (Å²) in [7, 11) is 0. The molecule has 14 heavy (non-hydrogen) atoms. The summed E-state index contributed by atoms with van der Waals surface area (Å²) in [6, 6.07) is 0.719. The monoisotopic (exact) mass is 200 g/mol. The molecule has 1 heterocycles. The van der Waals surface area contributed by atoms with Crippen LogP contribution in [-0.4, -0.2) is 50.3 Å². The van der Waals surface area contributed by atoms with Gasteiger partial charge in [0, 0.05) is 25.7 Å². The van der Waals surface area contributed by atoms with Crippen LogP contribution < -0.4 is 5.32 Å². The molecule has 0 spiro atoms. The second-order valence-electron chi connectivity index (χ2n) is 3.94.